The van der Waals surface area contributed by atoms with Crippen LogP contribution in [0, 0.1) is 0 Å². The molecule has 0 bridgehead atoms. The summed E-state index contributed by atoms with van der Waals surface area (Å²) in [6.45, 7) is 3.42. The molecule has 7 nitrogen and oxygen atoms in total. The van der Waals surface area contributed by atoms with Gasteiger partial charge in [-0.25, -0.2) is 0 Å². The number of benzene rings is 1. The van der Waals surface area contributed by atoms with Crippen molar-refractivity contribution in [3.8, 4) is 0 Å². The summed E-state index contributed by atoms with van der Waals surface area (Å²) in [7, 11) is 0. The number of nitrogens with two attached hydrogens (primary N) is 3. The van der Waals surface area contributed by atoms with Crippen molar-refractivity contribution in [2.75, 3.05) is 5.32 Å². The first-order chi connectivity index (χ1) is 9.08. The van der Waals surface area contributed by atoms with Gasteiger partial charge in [-0.1, -0.05) is 0 Å². The third-order valence-corrected chi connectivity index (χ3v) is 2.40. The molecule has 0 spiro atoms. The molecule has 0 aliphatic rings. The van der Waals surface area contributed by atoms with Crippen LogP contribution in [0.5, 0.6) is 0 Å². The lowest BCUT2D eigenvalue weighted by atomic mass is 10.0. The zero-order valence-electron chi connectivity index (χ0n) is 11.4. The van der Waals surface area contributed by atoms with E-state index in [0.717, 1.165) is 0 Å². The summed E-state index contributed by atoms with van der Waals surface area (Å²) < 4.78 is 0. The Hall–Kier alpha value is -2.41. The van der Waals surface area contributed by atoms with E-state index in [2.05, 4.69) is 5.32 Å². The van der Waals surface area contributed by atoms with Crippen LogP contribution >= 0.6 is 0 Å². The molecule has 0 aliphatic heterocycles. The van der Waals surface area contributed by atoms with Gasteiger partial charge >= 0.3 is 0 Å². The molecule has 0 heterocycles. The average Bonchev–Trinajstić information content (AvgIpc) is 2.25. The number of nitrogens with one attached hydrogen (secondary N) is 1. The van der Waals surface area contributed by atoms with Gasteiger partial charge in [0.1, 0.15) is 0 Å². The molecule has 7 heteroatoms. The Morgan fingerprint density at radius 2 is 1.50 bits per heavy atom. The quantitative estimate of drug-likeness (QED) is 0.599. The Morgan fingerprint density at radius 1 is 1.05 bits per heavy atom. The maximum absolute atomic E-state index is 11.8. The molecule has 0 saturated heterocycles. The van der Waals surface area contributed by atoms with Gasteiger partial charge in [-0.2, -0.15) is 0 Å². The third-order valence-electron chi connectivity index (χ3n) is 2.40. The van der Waals surface area contributed by atoms with Gasteiger partial charge in [0.25, 0.3) is 0 Å². The van der Waals surface area contributed by atoms with Gasteiger partial charge in [0, 0.05) is 28.8 Å². The number of rotatable bonds is 5. The number of anilines is 1. The fourth-order valence-corrected chi connectivity index (χ4v) is 1.60. The van der Waals surface area contributed by atoms with Crippen LogP contribution in [-0.4, -0.2) is 23.3 Å². The molecule has 0 fully saturated rings. The Bertz CT molecular complexity index is 529. The van der Waals surface area contributed by atoms with Gasteiger partial charge < -0.3 is 22.5 Å². The molecule has 0 unspecified atom stereocenters. The van der Waals surface area contributed by atoms with Crippen LogP contribution in [0.25, 0.3) is 0 Å². The van der Waals surface area contributed by atoms with Gasteiger partial charge in [0.15, 0.2) is 0 Å². The first-order valence-electron chi connectivity index (χ1n) is 5.92. The number of carbonyl (C=O) groups excluding carboxylic acids is 3. The van der Waals surface area contributed by atoms with Gasteiger partial charge in [-0.3, -0.25) is 14.4 Å². The van der Waals surface area contributed by atoms with Crippen LogP contribution in [0.2, 0.25) is 0 Å². The van der Waals surface area contributed by atoms with Crippen LogP contribution in [0.3, 0.4) is 0 Å². The van der Waals surface area contributed by atoms with Crippen molar-refractivity contribution in [2.45, 2.75) is 25.8 Å². The van der Waals surface area contributed by atoms with Crippen LogP contribution < -0.4 is 22.5 Å². The normalized spacial score (nSPS) is 10.9. The van der Waals surface area contributed by atoms with E-state index in [1.165, 1.54) is 18.2 Å². The SMILES string of the molecule is CC(C)(N)CC(=O)Nc1cc(C(N)=O)cc(C(N)=O)c1. The monoisotopic (exact) mass is 278 g/mol. The van der Waals surface area contributed by atoms with E-state index < -0.39 is 17.4 Å². The first-order valence-corrected chi connectivity index (χ1v) is 5.92. The van der Waals surface area contributed by atoms with E-state index in [4.69, 9.17) is 17.2 Å². The molecule has 3 amide bonds. The molecule has 0 saturated carbocycles. The lowest BCUT2D eigenvalue weighted by Crippen LogP contribution is -2.36. The maximum atomic E-state index is 11.8. The summed E-state index contributed by atoms with van der Waals surface area (Å²) >= 11 is 0. The van der Waals surface area contributed by atoms with E-state index in [1.807, 2.05) is 0 Å². The highest BCUT2D eigenvalue weighted by atomic mass is 16.2. The summed E-state index contributed by atoms with van der Waals surface area (Å²) in [5.74, 6) is -1.78. The third kappa shape index (κ3) is 4.69. The van der Waals surface area contributed by atoms with Crippen molar-refractivity contribution < 1.29 is 14.4 Å². The van der Waals surface area contributed by atoms with Crippen molar-refractivity contribution in [3.05, 3.63) is 29.3 Å². The molecule has 0 atom stereocenters. The number of primary amides is 2. The van der Waals surface area contributed by atoms with Crippen molar-refractivity contribution in [1.29, 1.82) is 0 Å². The minimum atomic E-state index is -0.720. The van der Waals surface area contributed by atoms with Crippen LogP contribution in [0.15, 0.2) is 18.2 Å². The molecular weight excluding hydrogens is 260 g/mol. The fraction of sp³-hybridized carbons (Fsp3) is 0.308. The smallest absolute Gasteiger partial charge is 0.248 e. The van der Waals surface area contributed by atoms with Gasteiger partial charge in [0.2, 0.25) is 17.7 Å². The maximum Gasteiger partial charge on any atom is 0.248 e. The first kappa shape index (κ1) is 15.6. The molecule has 1 rings (SSSR count). The Labute approximate surface area is 116 Å². The van der Waals surface area contributed by atoms with Gasteiger partial charge in [0.05, 0.1) is 0 Å². The van der Waals surface area contributed by atoms with Crippen molar-refractivity contribution in [1.82, 2.24) is 0 Å². The van der Waals surface area contributed by atoms with Crippen LogP contribution in [-0.2, 0) is 4.79 Å². The van der Waals surface area contributed by atoms with Crippen molar-refractivity contribution in [3.63, 3.8) is 0 Å². The highest BCUT2D eigenvalue weighted by Gasteiger charge is 2.17. The predicted molar refractivity (Wildman–Crippen MR) is 75.0 cm³/mol. The lowest BCUT2D eigenvalue weighted by Gasteiger charge is -2.17. The fourth-order valence-electron chi connectivity index (χ4n) is 1.60. The second kappa shape index (κ2) is 5.70. The Kier molecular flexibility index (Phi) is 4.46. The zero-order chi connectivity index (χ0) is 15.5. The zero-order valence-corrected chi connectivity index (χ0v) is 11.4. The summed E-state index contributed by atoms with van der Waals surface area (Å²) in [4.78, 5) is 34.1. The molecule has 0 radical (unpaired) electrons. The molecule has 0 aromatic heterocycles. The molecule has 1 aromatic carbocycles. The molecule has 20 heavy (non-hydrogen) atoms. The average molecular weight is 278 g/mol. The van der Waals surface area contributed by atoms with E-state index in [1.54, 1.807) is 13.8 Å². The van der Waals surface area contributed by atoms with Gasteiger partial charge in [-0.15, -0.1) is 0 Å². The summed E-state index contributed by atoms with van der Waals surface area (Å²) in [6.07, 6.45) is 0.0830. The minimum absolute atomic E-state index is 0.0830. The Balaban J connectivity index is 3.03. The molecular formula is C13H18N4O3. The number of hydrogen-bond donors (Lipinski definition) is 4. The number of amides is 3. The summed E-state index contributed by atoms with van der Waals surface area (Å²) in [5, 5.41) is 2.55. The number of carbonyl (C=O) groups is 3. The Morgan fingerprint density at radius 3 is 1.85 bits per heavy atom. The van der Waals surface area contributed by atoms with E-state index in [0.29, 0.717) is 0 Å². The van der Waals surface area contributed by atoms with E-state index in [9.17, 15) is 14.4 Å². The van der Waals surface area contributed by atoms with E-state index in [-0.39, 0.29) is 29.1 Å². The van der Waals surface area contributed by atoms with Crippen molar-refractivity contribution in [2.24, 2.45) is 17.2 Å². The van der Waals surface area contributed by atoms with Gasteiger partial charge in [-0.05, 0) is 32.0 Å². The second-order valence-electron chi connectivity index (χ2n) is 5.24. The second-order valence-corrected chi connectivity index (χ2v) is 5.24. The highest BCUT2D eigenvalue weighted by Crippen LogP contribution is 2.16. The predicted octanol–water partition coefficient (Wildman–Crippen LogP) is -0.0497. The van der Waals surface area contributed by atoms with E-state index >= 15 is 0 Å². The molecule has 0 aliphatic carbocycles. The highest BCUT2D eigenvalue weighted by molar-refractivity contribution is 6.01. The standard InChI is InChI=1S/C13H18N4O3/c1-13(2,16)6-10(18)17-9-4-7(11(14)19)3-8(5-9)12(15)20/h3-5H,6,16H2,1-2H3,(H2,14,19)(H2,15,20)(H,17,18). The molecule has 1 aromatic rings. The largest absolute Gasteiger partial charge is 0.366 e. The number of hydrogen-bond acceptors (Lipinski definition) is 4. The lowest BCUT2D eigenvalue weighted by molar-refractivity contribution is -0.117. The molecule has 108 valence electrons. The molecule has 7 N–H and O–H groups in total. The van der Waals surface area contributed by atoms with Crippen LogP contribution in [0.4, 0.5) is 5.69 Å². The minimum Gasteiger partial charge on any atom is -0.366 e. The summed E-state index contributed by atoms with van der Waals surface area (Å²) in [6, 6.07) is 4.01. The van der Waals surface area contributed by atoms with Crippen molar-refractivity contribution >= 4 is 23.4 Å². The van der Waals surface area contributed by atoms with Crippen LogP contribution in [0.1, 0.15) is 41.0 Å². The topological polar surface area (TPSA) is 141 Å². The summed E-state index contributed by atoms with van der Waals surface area (Å²) in [5.41, 5.74) is 15.8.